The van der Waals surface area contributed by atoms with E-state index in [9.17, 15) is 4.79 Å². The molecule has 0 aliphatic carbocycles. The van der Waals surface area contributed by atoms with Gasteiger partial charge in [-0.3, -0.25) is 0 Å². The molecule has 0 aromatic heterocycles. The molecule has 2 aromatic carbocycles. The van der Waals surface area contributed by atoms with Crippen molar-refractivity contribution >= 4 is 5.97 Å². The van der Waals surface area contributed by atoms with E-state index in [1.807, 2.05) is 60.7 Å². The van der Waals surface area contributed by atoms with E-state index in [4.69, 9.17) is 4.74 Å². The van der Waals surface area contributed by atoms with Crippen molar-refractivity contribution in [1.29, 1.82) is 0 Å². The first-order valence-electron chi connectivity index (χ1n) is 8.76. The molecule has 1 atom stereocenters. The van der Waals surface area contributed by atoms with Crippen molar-refractivity contribution in [3.8, 4) is 11.8 Å². The third-order valence-corrected chi connectivity index (χ3v) is 3.98. The molecule has 3 heteroatoms. The van der Waals surface area contributed by atoms with Crippen molar-refractivity contribution in [1.82, 2.24) is 0 Å². The number of esters is 1. The van der Waals surface area contributed by atoms with Gasteiger partial charge in [0.05, 0.1) is 19.4 Å². The van der Waals surface area contributed by atoms with E-state index in [2.05, 4.69) is 23.5 Å². The van der Waals surface area contributed by atoms with Gasteiger partial charge in [-0.25, -0.2) is 4.79 Å². The maximum Gasteiger partial charge on any atom is 0.333 e. The highest BCUT2D eigenvalue weighted by atomic mass is 16.5. The van der Waals surface area contributed by atoms with Gasteiger partial charge in [0.1, 0.15) is 0 Å². The Morgan fingerprint density at radius 2 is 1.73 bits per heavy atom. The summed E-state index contributed by atoms with van der Waals surface area (Å²) in [7, 11) is 1.34. The van der Waals surface area contributed by atoms with Crippen molar-refractivity contribution in [3.05, 3.63) is 84.1 Å². The summed E-state index contributed by atoms with van der Waals surface area (Å²) in [5, 5.41) is 0. The number of benzene rings is 2. The zero-order valence-corrected chi connectivity index (χ0v) is 15.3. The normalized spacial score (nSPS) is 12.7. The molecule has 0 heterocycles. The van der Waals surface area contributed by atoms with Gasteiger partial charge in [-0.1, -0.05) is 67.8 Å². The van der Waals surface area contributed by atoms with E-state index >= 15 is 0 Å². The smallest absolute Gasteiger partial charge is 0.333 e. The molecule has 0 aliphatic heterocycles. The number of unbranched alkanes of at least 4 members (excludes halogenated alkanes) is 1. The Kier molecular flexibility index (Phi) is 7.51. The summed E-state index contributed by atoms with van der Waals surface area (Å²) >= 11 is 0. The minimum Gasteiger partial charge on any atom is -0.478 e. The Balaban J connectivity index is 2.43. The van der Waals surface area contributed by atoms with Crippen LogP contribution in [-0.4, -0.2) is 13.1 Å². The number of hydrogen-bond donors (Lipinski definition) is 0. The molecule has 0 saturated heterocycles. The van der Waals surface area contributed by atoms with Crippen LogP contribution in [0, 0.1) is 11.8 Å². The van der Waals surface area contributed by atoms with Crippen molar-refractivity contribution in [3.63, 3.8) is 0 Å². The third kappa shape index (κ3) is 5.53. The van der Waals surface area contributed by atoms with E-state index in [-0.39, 0.29) is 0 Å². The van der Waals surface area contributed by atoms with Crippen LogP contribution in [-0.2, 0) is 19.9 Å². The molecule has 2 aromatic rings. The Morgan fingerprint density at radius 3 is 2.35 bits per heavy atom. The van der Waals surface area contributed by atoms with Crippen LogP contribution in [0.15, 0.2) is 73.0 Å². The summed E-state index contributed by atoms with van der Waals surface area (Å²) in [6.45, 7) is 2.13. The van der Waals surface area contributed by atoms with Gasteiger partial charge in [0.2, 0.25) is 0 Å². The summed E-state index contributed by atoms with van der Waals surface area (Å²) < 4.78 is 10.7. The number of methoxy groups -OCH3 is 1. The number of ether oxygens (including phenoxy) is 2. The molecular formula is C23H24O3. The molecule has 0 saturated carbocycles. The van der Waals surface area contributed by atoms with Gasteiger partial charge in [0.25, 0.3) is 0 Å². The van der Waals surface area contributed by atoms with E-state index < -0.39 is 11.6 Å². The number of carbonyl (C=O) groups is 1. The topological polar surface area (TPSA) is 35.5 Å². The molecule has 0 N–H and O–H groups in total. The lowest BCUT2D eigenvalue weighted by Gasteiger charge is -2.28. The molecule has 0 amide bonds. The van der Waals surface area contributed by atoms with Crippen molar-refractivity contribution in [2.75, 3.05) is 7.11 Å². The standard InChI is InChI=1S/C23H24O3/c1-3-4-17-23(21-13-9-6-10-14-21,26-19-16-22(24)25-2)18-15-20-11-7-5-8-12-20/h5-14,16,19H,3-4,17H2,1-2H3/b19-16+. The molecule has 2 rings (SSSR count). The Bertz CT molecular complexity index is 769. The van der Waals surface area contributed by atoms with Gasteiger partial charge in [0, 0.05) is 17.5 Å². The fraction of sp³-hybridized carbons (Fsp3) is 0.261. The summed E-state index contributed by atoms with van der Waals surface area (Å²) in [5.74, 6) is 6.08. The summed E-state index contributed by atoms with van der Waals surface area (Å²) in [4.78, 5) is 11.4. The summed E-state index contributed by atoms with van der Waals surface area (Å²) in [5.41, 5.74) is 1.06. The van der Waals surface area contributed by atoms with Crippen LogP contribution in [0.3, 0.4) is 0 Å². The zero-order valence-electron chi connectivity index (χ0n) is 15.3. The summed E-state index contributed by atoms with van der Waals surface area (Å²) in [6, 6.07) is 19.7. The van der Waals surface area contributed by atoms with Gasteiger partial charge < -0.3 is 9.47 Å². The van der Waals surface area contributed by atoms with Crippen LogP contribution in [0.5, 0.6) is 0 Å². The predicted octanol–water partition coefficient (Wildman–Crippen LogP) is 4.83. The molecular weight excluding hydrogens is 324 g/mol. The van der Waals surface area contributed by atoms with E-state index in [0.717, 1.165) is 30.4 Å². The number of rotatable bonds is 7. The van der Waals surface area contributed by atoms with Crippen molar-refractivity contribution in [2.24, 2.45) is 0 Å². The average molecular weight is 348 g/mol. The molecule has 1 unspecified atom stereocenters. The second-order valence-electron chi connectivity index (χ2n) is 5.86. The minimum absolute atomic E-state index is 0.460. The van der Waals surface area contributed by atoms with E-state index in [1.54, 1.807) is 0 Å². The van der Waals surface area contributed by atoms with Crippen LogP contribution >= 0.6 is 0 Å². The largest absolute Gasteiger partial charge is 0.478 e. The highest BCUT2D eigenvalue weighted by molar-refractivity contribution is 5.81. The maximum absolute atomic E-state index is 11.4. The third-order valence-electron chi connectivity index (χ3n) is 3.98. The molecule has 26 heavy (non-hydrogen) atoms. The first kappa shape index (κ1) is 19.3. The first-order valence-corrected chi connectivity index (χ1v) is 8.76. The molecule has 134 valence electrons. The molecule has 0 spiro atoms. The average Bonchev–Trinajstić information content (AvgIpc) is 2.71. The Labute approximate surface area is 155 Å². The molecule has 0 radical (unpaired) electrons. The van der Waals surface area contributed by atoms with Gasteiger partial charge in [-0.05, 0) is 24.5 Å². The minimum atomic E-state index is -0.822. The molecule has 3 nitrogen and oxygen atoms in total. The first-order chi connectivity index (χ1) is 12.7. The number of carbonyl (C=O) groups excluding carboxylic acids is 1. The van der Waals surface area contributed by atoms with E-state index in [0.29, 0.717) is 0 Å². The lowest BCUT2D eigenvalue weighted by Crippen LogP contribution is -2.26. The molecule has 0 aliphatic rings. The SMILES string of the molecule is CCCCC(C#Cc1ccccc1)(O/C=C/C(=O)OC)c1ccccc1. The zero-order chi connectivity index (χ0) is 18.7. The second-order valence-corrected chi connectivity index (χ2v) is 5.86. The highest BCUT2D eigenvalue weighted by Gasteiger charge is 2.31. The van der Waals surface area contributed by atoms with Crippen LogP contribution < -0.4 is 0 Å². The highest BCUT2D eigenvalue weighted by Crippen LogP contribution is 2.31. The van der Waals surface area contributed by atoms with Crippen molar-refractivity contribution < 1.29 is 14.3 Å². The van der Waals surface area contributed by atoms with Crippen LogP contribution in [0.4, 0.5) is 0 Å². The summed E-state index contributed by atoms with van der Waals surface area (Å²) in [6.07, 6.45) is 5.34. The second kappa shape index (κ2) is 10.1. The Hall–Kier alpha value is -2.99. The molecule has 0 fully saturated rings. The monoisotopic (exact) mass is 348 g/mol. The quantitative estimate of drug-likeness (QED) is 0.311. The van der Waals surface area contributed by atoms with Gasteiger partial charge in [0.15, 0.2) is 5.60 Å². The van der Waals surface area contributed by atoms with Crippen LogP contribution in [0.25, 0.3) is 0 Å². The van der Waals surface area contributed by atoms with Crippen LogP contribution in [0.1, 0.15) is 37.3 Å². The Morgan fingerprint density at radius 1 is 1.08 bits per heavy atom. The fourth-order valence-electron chi connectivity index (χ4n) is 2.54. The van der Waals surface area contributed by atoms with Gasteiger partial charge >= 0.3 is 5.97 Å². The fourth-order valence-corrected chi connectivity index (χ4v) is 2.54. The van der Waals surface area contributed by atoms with Gasteiger partial charge in [-0.2, -0.15) is 0 Å². The van der Waals surface area contributed by atoms with Crippen molar-refractivity contribution in [2.45, 2.75) is 31.8 Å². The maximum atomic E-state index is 11.4. The van der Waals surface area contributed by atoms with Gasteiger partial charge in [-0.15, -0.1) is 0 Å². The number of hydrogen-bond acceptors (Lipinski definition) is 3. The predicted molar refractivity (Wildman–Crippen MR) is 103 cm³/mol. The lowest BCUT2D eigenvalue weighted by atomic mass is 9.88. The van der Waals surface area contributed by atoms with E-state index in [1.165, 1.54) is 19.4 Å². The van der Waals surface area contributed by atoms with Crippen LogP contribution in [0.2, 0.25) is 0 Å². The molecule has 0 bridgehead atoms. The lowest BCUT2D eigenvalue weighted by molar-refractivity contribution is -0.135.